The highest BCUT2D eigenvalue weighted by atomic mass is 16.6. The van der Waals surface area contributed by atoms with E-state index in [9.17, 15) is 9.59 Å². The quantitative estimate of drug-likeness (QED) is 0.797. The normalized spacial score (nSPS) is 27.9. The second-order valence-corrected chi connectivity index (χ2v) is 7.65. The third-order valence-electron chi connectivity index (χ3n) is 5.92. The van der Waals surface area contributed by atoms with E-state index in [1.165, 1.54) is 0 Å². The highest BCUT2D eigenvalue weighted by Gasteiger charge is 2.42. The zero-order valence-electron chi connectivity index (χ0n) is 15.4. The summed E-state index contributed by atoms with van der Waals surface area (Å²) in [7, 11) is 0. The second kappa shape index (κ2) is 6.86. The Morgan fingerprint density at radius 1 is 0.714 bits per heavy atom. The topological polar surface area (TPSA) is 76.7 Å². The van der Waals surface area contributed by atoms with Crippen LogP contribution in [0.25, 0.3) is 0 Å². The molecule has 28 heavy (non-hydrogen) atoms. The van der Waals surface area contributed by atoms with Crippen LogP contribution >= 0.6 is 0 Å². The lowest BCUT2D eigenvalue weighted by molar-refractivity contribution is -0.196. The fourth-order valence-corrected chi connectivity index (χ4v) is 4.47. The van der Waals surface area contributed by atoms with Gasteiger partial charge in [-0.3, -0.25) is 0 Å². The molecule has 3 aliphatic rings. The zero-order valence-corrected chi connectivity index (χ0v) is 15.4. The highest BCUT2D eigenvalue weighted by Crippen LogP contribution is 2.37. The molecule has 6 nitrogen and oxygen atoms in total. The van der Waals surface area contributed by atoms with Crippen molar-refractivity contribution in [3.05, 3.63) is 59.7 Å². The van der Waals surface area contributed by atoms with E-state index < -0.39 is 24.1 Å². The number of ether oxygens (including phenoxy) is 2. The maximum absolute atomic E-state index is 12.5. The standard InChI is InChI=1S/C22H22N2O4/c25-21-19(9-13-11-23-17-7-3-1-5-15(13)17)27-22(26)20(28-21)10-14-12-24-18-8-4-2-6-16(14)18/h1-8,13-14,19-20,23-24H,9-12H2. The Bertz CT molecular complexity index is 853. The van der Waals surface area contributed by atoms with Crippen molar-refractivity contribution in [1.29, 1.82) is 0 Å². The van der Waals surface area contributed by atoms with Gasteiger partial charge in [-0.05, 0) is 23.3 Å². The first-order valence-corrected chi connectivity index (χ1v) is 9.75. The Balaban J connectivity index is 1.24. The molecule has 3 heterocycles. The van der Waals surface area contributed by atoms with Crippen LogP contribution in [0.4, 0.5) is 11.4 Å². The van der Waals surface area contributed by atoms with Crippen LogP contribution in [0.5, 0.6) is 0 Å². The average molecular weight is 378 g/mol. The summed E-state index contributed by atoms with van der Waals surface area (Å²) >= 11 is 0. The van der Waals surface area contributed by atoms with Crippen molar-refractivity contribution >= 4 is 23.3 Å². The third kappa shape index (κ3) is 2.99. The summed E-state index contributed by atoms with van der Waals surface area (Å²) in [5.74, 6) is -0.616. The molecule has 144 valence electrons. The van der Waals surface area contributed by atoms with Gasteiger partial charge in [0.25, 0.3) is 0 Å². The minimum Gasteiger partial charge on any atom is -0.448 e. The molecule has 4 atom stereocenters. The Morgan fingerprint density at radius 2 is 1.14 bits per heavy atom. The summed E-state index contributed by atoms with van der Waals surface area (Å²) in [6.07, 6.45) is -0.795. The number of hydrogen-bond donors (Lipinski definition) is 2. The van der Waals surface area contributed by atoms with Gasteiger partial charge in [0.1, 0.15) is 0 Å². The predicted molar refractivity (Wildman–Crippen MR) is 104 cm³/mol. The first-order valence-electron chi connectivity index (χ1n) is 9.75. The van der Waals surface area contributed by atoms with E-state index >= 15 is 0 Å². The van der Waals surface area contributed by atoms with Crippen LogP contribution in [0, 0.1) is 0 Å². The van der Waals surface area contributed by atoms with E-state index in [0.29, 0.717) is 12.8 Å². The summed E-state index contributed by atoms with van der Waals surface area (Å²) in [5, 5.41) is 6.67. The largest absolute Gasteiger partial charge is 0.448 e. The van der Waals surface area contributed by atoms with Gasteiger partial charge < -0.3 is 20.1 Å². The summed E-state index contributed by atoms with van der Waals surface area (Å²) in [6.45, 7) is 1.46. The second-order valence-electron chi connectivity index (χ2n) is 7.65. The molecule has 2 N–H and O–H groups in total. The lowest BCUT2D eigenvalue weighted by atomic mass is 9.93. The van der Waals surface area contributed by atoms with E-state index in [4.69, 9.17) is 9.47 Å². The lowest BCUT2D eigenvalue weighted by Crippen LogP contribution is -2.45. The number of benzene rings is 2. The number of cyclic esters (lactones) is 2. The molecular formula is C22H22N2O4. The first kappa shape index (κ1) is 17.1. The van der Waals surface area contributed by atoms with Crippen molar-refractivity contribution in [1.82, 2.24) is 0 Å². The molecule has 5 rings (SSSR count). The van der Waals surface area contributed by atoms with Gasteiger partial charge in [0, 0.05) is 49.1 Å². The summed E-state index contributed by atoms with van der Waals surface area (Å²) < 4.78 is 11.0. The maximum Gasteiger partial charge on any atom is 0.348 e. The maximum atomic E-state index is 12.5. The van der Waals surface area contributed by atoms with E-state index in [1.54, 1.807) is 0 Å². The number of nitrogens with one attached hydrogen (secondary N) is 2. The SMILES string of the molecule is O=C1OC(CC2CNc3ccccc32)C(=O)OC1CC1CNc2ccccc21. The molecular weight excluding hydrogens is 356 g/mol. The molecule has 0 saturated carbocycles. The van der Waals surface area contributed by atoms with Crippen LogP contribution in [-0.4, -0.2) is 37.2 Å². The molecule has 0 aromatic heterocycles. The molecule has 1 saturated heterocycles. The number of fused-ring (bicyclic) bond motifs is 2. The van der Waals surface area contributed by atoms with Gasteiger partial charge in [-0.2, -0.15) is 0 Å². The van der Waals surface area contributed by atoms with Crippen molar-refractivity contribution in [2.45, 2.75) is 36.9 Å². The molecule has 1 fully saturated rings. The Kier molecular flexibility index (Phi) is 4.19. The third-order valence-corrected chi connectivity index (χ3v) is 5.92. The van der Waals surface area contributed by atoms with Crippen molar-refractivity contribution in [2.24, 2.45) is 0 Å². The van der Waals surface area contributed by atoms with E-state index in [2.05, 4.69) is 10.6 Å². The smallest absolute Gasteiger partial charge is 0.348 e. The molecule has 0 bridgehead atoms. The molecule has 6 heteroatoms. The van der Waals surface area contributed by atoms with Crippen LogP contribution in [0.2, 0.25) is 0 Å². The summed E-state index contributed by atoms with van der Waals surface area (Å²) in [4.78, 5) is 25.1. The first-order chi connectivity index (χ1) is 13.7. The molecule has 3 aliphatic heterocycles. The van der Waals surface area contributed by atoms with Crippen LogP contribution in [0.3, 0.4) is 0 Å². The number of carbonyl (C=O) groups is 2. The fraction of sp³-hybridized carbons (Fsp3) is 0.364. The van der Waals surface area contributed by atoms with E-state index in [0.717, 1.165) is 35.6 Å². The Hall–Kier alpha value is -3.02. The highest BCUT2D eigenvalue weighted by molar-refractivity contribution is 5.87. The monoisotopic (exact) mass is 378 g/mol. The van der Waals surface area contributed by atoms with Gasteiger partial charge in [0.05, 0.1) is 0 Å². The molecule has 0 radical (unpaired) electrons. The number of carbonyl (C=O) groups excluding carboxylic acids is 2. The molecule has 2 aromatic carbocycles. The van der Waals surface area contributed by atoms with Crippen LogP contribution in [0.1, 0.15) is 35.8 Å². The van der Waals surface area contributed by atoms with Gasteiger partial charge in [-0.25, -0.2) is 9.59 Å². The Labute approximate surface area is 163 Å². The van der Waals surface area contributed by atoms with Gasteiger partial charge in [0.2, 0.25) is 0 Å². The van der Waals surface area contributed by atoms with E-state index in [1.807, 2.05) is 48.5 Å². The molecule has 0 amide bonds. The van der Waals surface area contributed by atoms with Crippen LogP contribution in [-0.2, 0) is 19.1 Å². The van der Waals surface area contributed by atoms with Gasteiger partial charge in [0.15, 0.2) is 12.2 Å². The Morgan fingerprint density at radius 3 is 1.61 bits per heavy atom. The number of hydrogen-bond acceptors (Lipinski definition) is 6. The van der Waals surface area contributed by atoms with Crippen LogP contribution in [0.15, 0.2) is 48.5 Å². The minimum absolute atomic E-state index is 0.129. The lowest BCUT2D eigenvalue weighted by Gasteiger charge is -2.30. The van der Waals surface area contributed by atoms with E-state index in [-0.39, 0.29) is 11.8 Å². The molecule has 0 spiro atoms. The van der Waals surface area contributed by atoms with Gasteiger partial charge in [-0.15, -0.1) is 0 Å². The van der Waals surface area contributed by atoms with Crippen molar-refractivity contribution in [3.63, 3.8) is 0 Å². The molecule has 2 aromatic rings. The van der Waals surface area contributed by atoms with Gasteiger partial charge >= 0.3 is 11.9 Å². The summed E-state index contributed by atoms with van der Waals surface area (Å²) in [5.41, 5.74) is 4.46. The summed E-state index contributed by atoms with van der Waals surface area (Å²) in [6, 6.07) is 16.0. The molecule has 4 unspecified atom stereocenters. The van der Waals surface area contributed by atoms with Crippen LogP contribution < -0.4 is 10.6 Å². The van der Waals surface area contributed by atoms with Gasteiger partial charge in [-0.1, -0.05) is 36.4 Å². The van der Waals surface area contributed by atoms with Crippen molar-refractivity contribution in [3.8, 4) is 0 Å². The van der Waals surface area contributed by atoms with Crippen molar-refractivity contribution in [2.75, 3.05) is 23.7 Å². The fourth-order valence-electron chi connectivity index (χ4n) is 4.47. The van der Waals surface area contributed by atoms with Crippen molar-refractivity contribution < 1.29 is 19.1 Å². The molecule has 0 aliphatic carbocycles. The zero-order chi connectivity index (χ0) is 19.1. The predicted octanol–water partition coefficient (Wildman–Crippen LogP) is 3.02. The number of esters is 2. The average Bonchev–Trinajstić information content (AvgIpc) is 3.30. The number of rotatable bonds is 4. The number of anilines is 2. The number of para-hydroxylation sites is 2. The minimum atomic E-state index is -0.837.